The maximum absolute atomic E-state index is 12.5. The van der Waals surface area contributed by atoms with E-state index < -0.39 is 35.5 Å². The van der Waals surface area contributed by atoms with Crippen LogP contribution in [0.25, 0.3) is 0 Å². The van der Waals surface area contributed by atoms with E-state index in [1.165, 1.54) is 26.0 Å². The van der Waals surface area contributed by atoms with Crippen LogP contribution in [0.5, 0.6) is 0 Å². The third-order valence-electron chi connectivity index (χ3n) is 3.27. The second-order valence-electron chi connectivity index (χ2n) is 4.83. The molecule has 1 aromatic carbocycles. The number of carbonyl (C=O) groups excluding carboxylic acids is 1. The number of alkyl halides is 3. The molecule has 0 aliphatic carbocycles. The number of carbonyl (C=O) groups is 2. The zero-order valence-corrected chi connectivity index (χ0v) is 11.6. The highest BCUT2D eigenvalue weighted by atomic mass is 19.4. The van der Waals surface area contributed by atoms with Gasteiger partial charge in [0.15, 0.2) is 0 Å². The molecule has 0 aliphatic heterocycles. The molecule has 0 saturated carbocycles. The smallest absolute Gasteiger partial charge is 0.416 e. The van der Waals surface area contributed by atoms with Crippen LogP contribution in [-0.2, 0) is 22.3 Å². The van der Waals surface area contributed by atoms with Crippen LogP contribution in [-0.4, -0.2) is 17.0 Å². The van der Waals surface area contributed by atoms with Crippen LogP contribution in [0.2, 0.25) is 0 Å². The Labute approximate surface area is 120 Å². The predicted molar refractivity (Wildman–Crippen MR) is 69.3 cm³/mol. The summed E-state index contributed by atoms with van der Waals surface area (Å²) in [4.78, 5) is 22.5. The molecule has 7 heteroatoms. The zero-order valence-electron chi connectivity index (χ0n) is 11.6. The fourth-order valence-electron chi connectivity index (χ4n) is 1.65. The van der Waals surface area contributed by atoms with Crippen molar-refractivity contribution in [3.8, 4) is 0 Å². The lowest BCUT2D eigenvalue weighted by atomic mass is 9.95. The number of carboxylic acid groups (broad SMARTS) is 1. The summed E-state index contributed by atoms with van der Waals surface area (Å²) in [7, 11) is 0. The lowest BCUT2D eigenvalue weighted by molar-refractivity contribution is -0.146. The van der Waals surface area contributed by atoms with Crippen LogP contribution in [0.15, 0.2) is 24.3 Å². The summed E-state index contributed by atoms with van der Waals surface area (Å²) in [5.41, 5.74) is -0.491. The van der Waals surface area contributed by atoms with Crippen molar-refractivity contribution in [2.45, 2.75) is 26.6 Å². The Kier molecular flexibility index (Phi) is 5.34. The second kappa shape index (κ2) is 6.60. The van der Waals surface area contributed by atoms with Gasteiger partial charge >= 0.3 is 12.1 Å². The van der Waals surface area contributed by atoms with Crippen LogP contribution in [0.3, 0.4) is 0 Å². The van der Waals surface area contributed by atoms with E-state index in [0.29, 0.717) is 5.56 Å². The van der Waals surface area contributed by atoms with E-state index in [4.69, 9.17) is 5.11 Å². The Morgan fingerprint density at radius 1 is 1.24 bits per heavy atom. The molecule has 0 fully saturated rings. The summed E-state index contributed by atoms with van der Waals surface area (Å²) in [5.74, 6) is -3.25. The van der Waals surface area contributed by atoms with E-state index in [1.54, 1.807) is 0 Å². The minimum Gasteiger partial charge on any atom is -0.481 e. The maximum atomic E-state index is 12.5. The fourth-order valence-corrected chi connectivity index (χ4v) is 1.65. The molecule has 0 spiro atoms. The Morgan fingerprint density at radius 2 is 1.86 bits per heavy atom. The monoisotopic (exact) mass is 303 g/mol. The van der Waals surface area contributed by atoms with E-state index in [-0.39, 0.29) is 6.54 Å². The maximum Gasteiger partial charge on any atom is 0.416 e. The van der Waals surface area contributed by atoms with Gasteiger partial charge in [-0.3, -0.25) is 9.59 Å². The normalized spacial score (nSPS) is 14.3. The van der Waals surface area contributed by atoms with Crippen molar-refractivity contribution in [2.75, 3.05) is 0 Å². The number of amides is 1. The summed E-state index contributed by atoms with van der Waals surface area (Å²) in [6.07, 6.45) is -4.44. The van der Waals surface area contributed by atoms with Gasteiger partial charge in [0.05, 0.1) is 11.5 Å². The molecule has 0 aromatic heterocycles. The van der Waals surface area contributed by atoms with Crippen LogP contribution in [0.1, 0.15) is 25.0 Å². The van der Waals surface area contributed by atoms with Crippen molar-refractivity contribution >= 4 is 11.9 Å². The molecular weight excluding hydrogens is 287 g/mol. The first-order chi connectivity index (χ1) is 9.62. The molecule has 4 nitrogen and oxygen atoms in total. The Balaban J connectivity index is 2.67. The van der Waals surface area contributed by atoms with Gasteiger partial charge in [0, 0.05) is 12.5 Å². The average molecular weight is 303 g/mol. The largest absolute Gasteiger partial charge is 0.481 e. The van der Waals surface area contributed by atoms with Crippen LogP contribution < -0.4 is 5.32 Å². The van der Waals surface area contributed by atoms with Gasteiger partial charge in [-0.05, 0) is 17.7 Å². The van der Waals surface area contributed by atoms with E-state index in [0.717, 1.165) is 12.1 Å². The fraction of sp³-hybridized carbons (Fsp3) is 0.429. The molecular formula is C14H16F3NO3. The Morgan fingerprint density at radius 3 is 2.38 bits per heavy atom. The Hall–Kier alpha value is -2.05. The molecule has 0 radical (unpaired) electrons. The molecule has 1 aromatic rings. The van der Waals surface area contributed by atoms with Gasteiger partial charge in [-0.15, -0.1) is 0 Å². The molecule has 2 unspecified atom stereocenters. The predicted octanol–water partition coefficient (Wildman–Crippen LogP) is 2.68. The third-order valence-corrected chi connectivity index (χ3v) is 3.27. The number of hydrogen-bond donors (Lipinski definition) is 2. The van der Waals surface area contributed by atoms with Crippen molar-refractivity contribution in [3.63, 3.8) is 0 Å². The second-order valence-corrected chi connectivity index (χ2v) is 4.83. The molecule has 0 bridgehead atoms. The van der Waals surface area contributed by atoms with Crippen molar-refractivity contribution in [1.29, 1.82) is 0 Å². The summed E-state index contributed by atoms with van der Waals surface area (Å²) in [6, 6.07) is 4.61. The quantitative estimate of drug-likeness (QED) is 0.879. The topological polar surface area (TPSA) is 66.4 Å². The first-order valence-corrected chi connectivity index (χ1v) is 6.29. The summed E-state index contributed by atoms with van der Waals surface area (Å²) in [6.45, 7) is 2.77. The molecule has 0 heterocycles. The number of carboxylic acids is 1. The number of rotatable bonds is 5. The van der Waals surface area contributed by atoms with Gasteiger partial charge in [0.25, 0.3) is 0 Å². The van der Waals surface area contributed by atoms with E-state index in [9.17, 15) is 22.8 Å². The molecule has 0 saturated heterocycles. The molecule has 0 aliphatic rings. The van der Waals surface area contributed by atoms with Gasteiger partial charge in [0.1, 0.15) is 0 Å². The van der Waals surface area contributed by atoms with Gasteiger partial charge in [-0.1, -0.05) is 26.0 Å². The minimum atomic E-state index is -4.44. The minimum absolute atomic E-state index is 0.0839. The van der Waals surface area contributed by atoms with Crippen molar-refractivity contribution in [1.82, 2.24) is 5.32 Å². The summed E-state index contributed by atoms with van der Waals surface area (Å²) >= 11 is 0. The van der Waals surface area contributed by atoms with E-state index in [1.807, 2.05) is 0 Å². The molecule has 2 atom stereocenters. The Bertz CT molecular complexity index is 528. The zero-order chi connectivity index (χ0) is 16.2. The number of nitrogens with one attached hydrogen (secondary N) is 1. The third kappa shape index (κ3) is 4.77. The molecule has 2 N–H and O–H groups in total. The van der Waals surface area contributed by atoms with Gasteiger partial charge in [-0.25, -0.2) is 0 Å². The SMILES string of the molecule is CC(C(=O)O)C(C)C(=O)NCc1cccc(C(F)(F)F)c1. The summed E-state index contributed by atoms with van der Waals surface area (Å²) in [5, 5.41) is 11.3. The first-order valence-electron chi connectivity index (χ1n) is 6.29. The van der Waals surface area contributed by atoms with Crippen LogP contribution in [0, 0.1) is 11.8 Å². The standard InChI is InChI=1S/C14H16F3NO3/c1-8(9(2)13(20)21)12(19)18-7-10-4-3-5-11(6-10)14(15,16)17/h3-6,8-9H,7H2,1-2H3,(H,18,19)(H,20,21). The highest BCUT2D eigenvalue weighted by Crippen LogP contribution is 2.29. The van der Waals surface area contributed by atoms with Crippen LogP contribution >= 0.6 is 0 Å². The number of benzene rings is 1. The van der Waals surface area contributed by atoms with Gasteiger partial charge in [0.2, 0.25) is 5.91 Å². The van der Waals surface area contributed by atoms with E-state index in [2.05, 4.69) is 5.32 Å². The van der Waals surface area contributed by atoms with Crippen molar-refractivity contribution < 1.29 is 27.9 Å². The highest BCUT2D eigenvalue weighted by molar-refractivity contribution is 5.84. The van der Waals surface area contributed by atoms with Crippen molar-refractivity contribution in [3.05, 3.63) is 35.4 Å². The van der Waals surface area contributed by atoms with Gasteiger partial charge < -0.3 is 10.4 Å². The summed E-state index contributed by atoms with van der Waals surface area (Å²) < 4.78 is 37.6. The lowest BCUT2D eigenvalue weighted by Gasteiger charge is -2.16. The van der Waals surface area contributed by atoms with Crippen LogP contribution in [0.4, 0.5) is 13.2 Å². The molecule has 21 heavy (non-hydrogen) atoms. The highest BCUT2D eigenvalue weighted by Gasteiger charge is 2.30. The molecule has 116 valence electrons. The number of halogens is 3. The number of aliphatic carboxylic acids is 1. The van der Waals surface area contributed by atoms with Crippen molar-refractivity contribution in [2.24, 2.45) is 11.8 Å². The average Bonchev–Trinajstić information content (AvgIpc) is 2.42. The number of hydrogen-bond acceptors (Lipinski definition) is 2. The first kappa shape index (κ1) is 17.0. The lowest BCUT2D eigenvalue weighted by Crippen LogP contribution is -2.34. The van der Waals surface area contributed by atoms with E-state index >= 15 is 0 Å². The molecule has 1 rings (SSSR count). The molecule has 1 amide bonds. The van der Waals surface area contributed by atoms with Gasteiger partial charge in [-0.2, -0.15) is 13.2 Å².